The molecule has 14 heavy (non-hydrogen) atoms. The van der Waals surface area contributed by atoms with Crippen molar-refractivity contribution in [2.24, 2.45) is 11.7 Å². The van der Waals surface area contributed by atoms with Crippen LogP contribution in [0.25, 0.3) is 0 Å². The molecule has 0 saturated heterocycles. The first-order valence-electron chi connectivity index (χ1n) is 5.02. The van der Waals surface area contributed by atoms with E-state index in [1.165, 1.54) is 0 Å². The summed E-state index contributed by atoms with van der Waals surface area (Å²) in [5.74, 6) is 0.114. The molecule has 2 atom stereocenters. The lowest BCUT2D eigenvalue weighted by Crippen LogP contribution is -2.39. The van der Waals surface area contributed by atoms with Gasteiger partial charge in [-0.3, -0.25) is 0 Å². The molecule has 78 valence electrons. The van der Waals surface area contributed by atoms with Crippen molar-refractivity contribution in [2.75, 3.05) is 6.54 Å². The van der Waals surface area contributed by atoms with Crippen LogP contribution in [0.2, 0.25) is 0 Å². The maximum Gasteiger partial charge on any atom is 0.0697 e. The molecule has 0 amide bonds. The third kappa shape index (κ3) is 2.82. The Hall–Kier alpha value is -0.860. The summed E-state index contributed by atoms with van der Waals surface area (Å²) in [5.41, 5.74) is 5.99. The summed E-state index contributed by atoms with van der Waals surface area (Å²) < 4.78 is 0. The van der Waals surface area contributed by atoms with Gasteiger partial charge in [0.2, 0.25) is 0 Å². The summed E-state index contributed by atoms with van der Waals surface area (Å²) in [5, 5.41) is 10.2. The minimum Gasteiger partial charge on any atom is -0.390 e. The maximum atomic E-state index is 10.2. The van der Waals surface area contributed by atoms with Crippen LogP contribution < -0.4 is 5.73 Å². The highest BCUT2D eigenvalue weighted by molar-refractivity contribution is 5.17. The molecule has 2 heteroatoms. The largest absolute Gasteiger partial charge is 0.390 e. The standard InChI is InChI=1S/C12H19NO/c1-10(9-13)12(2,14)8-11-6-4-3-5-7-11/h3-7,10,14H,8-9,13H2,1-2H3. The smallest absolute Gasteiger partial charge is 0.0697 e. The molecule has 2 unspecified atom stereocenters. The van der Waals surface area contributed by atoms with E-state index in [1.54, 1.807) is 0 Å². The highest BCUT2D eigenvalue weighted by atomic mass is 16.3. The molecular weight excluding hydrogens is 174 g/mol. The Bertz CT molecular complexity index is 269. The van der Waals surface area contributed by atoms with Gasteiger partial charge in [0, 0.05) is 6.42 Å². The van der Waals surface area contributed by atoms with Gasteiger partial charge in [-0.2, -0.15) is 0 Å². The minimum absolute atomic E-state index is 0.114. The number of aliphatic hydroxyl groups is 1. The first kappa shape index (κ1) is 11.2. The van der Waals surface area contributed by atoms with Crippen LogP contribution in [0.5, 0.6) is 0 Å². The van der Waals surface area contributed by atoms with Crippen LogP contribution in [0.15, 0.2) is 30.3 Å². The van der Waals surface area contributed by atoms with Gasteiger partial charge in [0.15, 0.2) is 0 Å². The molecule has 0 fully saturated rings. The molecule has 0 bridgehead atoms. The molecule has 0 aliphatic carbocycles. The van der Waals surface area contributed by atoms with E-state index in [0.29, 0.717) is 13.0 Å². The Morgan fingerprint density at radius 3 is 2.43 bits per heavy atom. The molecule has 0 aliphatic rings. The molecule has 0 saturated carbocycles. The van der Waals surface area contributed by atoms with Crippen LogP contribution in [0.3, 0.4) is 0 Å². The zero-order chi connectivity index (χ0) is 10.6. The zero-order valence-electron chi connectivity index (χ0n) is 8.90. The van der Waals surface area contributed by atoms with Gasteiger partial charge in [0.1, 0.15) is 0 Å². The molecule has 3 N–H and O–H groups in total. The quantitative estimate of drug-likeness (QED) is 0.762. The molecule has 0 heterocycles. The van der Waals surface area contributed by atoms with Crippen molar-refractivity contribution in [3.05, 3.63) is 35.9 Å². The van der Waals surface area contributed by atoms with E-state index in [0.717, 1.165) is 5.56 Å². The van der Waals surface area contributed by atoms with Gasteiger partial charge in [-0.25, -0.2) is 0 Å². The Morgan fingerprint density at radius 2 is 1.93 bits per heavy atom. The molecule has 1 aromatic carbocycles. The highest BCUT2D eigenvalue weighted by Crippen LogP contribution is 2.21. The van der Waals surface area contributed by atoms with Gasteiger partial charge < -0.3 is 10.8 Å². The van der Waals surface area contributed by atoms with Crippen molar-refractivity contribution in [3.8, 4) is 0 Å². The van der Waals surface area contributed by atoms with Gasteiger partial charge in [0.05, 0.1) is 5.60 Å². The summed E-state index contributed by atoms with van der Waals surface area (Å²) in [4.78, 5) is 0. The zero-order valence-corrected chi connectivity index (χ0v) is 8.90. The van der Waals surface area contributed by atoms with Crippen molar-refractivity contribution in [1.82, 2.24) is 0 Å². The number of hydrogen-bond donors (Lipinski definition) is 2. The minimum atomic E-state index is -0.712. The van der Waals surface area contributed by atoms with Crippen LogP contribution in [0, 0.1) is 5.92 Å². The van der Waals surface area contributed by atoms with E-state index in [9.17, 15) is 5.11 Å². The van der Waals surface area contributed by atoms with Crippen LogP contribution in [0.4, 0.5) is 0 Å². The molecule has 1 rings (SSSR count). The molecular formula is C12H19NO. The summed E-state index contributed by atoms with van der Waals surface area (Å²) in [6.07, 6.45) is 0.659. The van der Waals surface area contributed by atoms with Gasteiger partial charge >= 0.3 is 0 Å². The highest BCUT2D eigenvalue weighted by Gasteiger charge is 2.27. The first-order chi connectivity index (χ1) is 6.56. The third-order valence-corrected chi connectivity index (χ3v) is 2.82. The first-order valence-corrected chi connectivity index (χ1v) is 5.02. The van der Waals surface area contributed by atoms with Crippen LogP contribution >= 0.6 is 0 Å². The van der Waals surface area contributed by atoms with E-state index in [2.05, 4.69) is 0 Å². The van der Waals surface area contributed by atoms with Crippen molar-refractivity contribution in [2.45, 2.75) is 25.9 Å². The van der Waals surface area contributed by atoms with Crippen molar-refractivity contribution < 1.29 is 5.11 Å². The molecule has 0 aliphatic heterocycles. The fourth-order valence-electron chi connectivity index (χ4n) is 1.44. The summed E-state index contributed by atoms with van der Waals surface area (Å²) in [6, 6.07) is 10.00. The second-order valence-corrected chi connectivity index (χ2v) is 4.16. The van der Waals surface area contributed by atoms with E-state index < -0.39 is 5.60 Å². The van der Waals surface area contributed by atoms with E-state index in [1.807, 2.05) is 44.2 Å². The summed E-state index contributed by atoms with van der Waals surface area (Å²) in [7, 11) is 0. The number of rotatable bonds is 4. The monoisotopic (exact) mass is 193 g/mol. The fraction of sp³-hybridized carbons (Fsp3) is 0.500. The molecule has 1 aromatic rings. The Balaban J connectivity index is 2.68. The van der Waals surface area contributed by atoms with Crippen molar-refractivity contribution >= 4 is 0 Å². The average molecular weight is 193 g/mol. The van der Waals surface area contributed by atoms with Gasteiger partial charge in [-0.05, 0) is 24.9 Å². The van der Waals surface area contributed by atoms with Gasteiger partial charge in [-0.1, -0.05) is 37.3 Å². The predicted molar refractivity (Wildman–Crippen MR) is 59.0 cm³/mol. The van der Waals surface area contributed by atoms with Crippen molar-refractivity contribution in [3.63, 3.8) is 0 Å². The molecule has 0 radical (unpaired) electrons. The summed E-state index contributed by atoms with van der Waals surface area (Å²) >= 11 is 0. The average Bonchev–Trinajstić information content (AvgIpc) is 2.17. The lowest BCUT2D eigenvalue weighted by Gasteiger charge is -2.29. The topological polar surface area (TPSA) is 46.2 Å². The Labute approximate surface area is 85.8 Å². The molecule has 0 spiro atoms. The fourth-order valence-corrected chi connectivity index (χ4v) is 1.44. The number of benzene rings is 1. The number of hydrogen-bond acceptors (Lipinski definition) is 2. The Kier molecular flexibility index (Phi) is 3.67. The van der Waals surface area contributed by atoms with Gasteiger partial charge in [-0.15, -0.1) is 0 Å². The lowest BCUT2D eigenvalue weighted by atomic mass is 9.85. The molecule has 0 aromatic heterocycles. The SMILES string of the molecule is CC(CN)C(C)(O)Cc1ccccc1. The second kappa shape index (κ2) is 4.58. The predicted octanol–water partition coefficient (Wildman–Crippen LogP) is 1.57. The third-order valence-electron chi connectivity index (χ3n) is 2.82. The van der Waals surface area contributed by atoms with E-state index >= 15 is 0 Å². The summed E-state index contributed by atoms with van der Waals surface area (Å²) in [6.45, 7) is 4.33. The van der Waals surface area contributed by atoms with Gasteiger partial charge in [0.25, 0.3) is 0 Å². The van der Waals surface area contributed by atoms with Crippen LogP contribution in [-0.2, 0) is 6.42 Å². The normalized spacial score (nSPS) is 17.4. The van der Waals surface area contributed by atoms with Crippen LogP contribution in [-0.4, -0.2) is 17.3 Å². The number of nitrogens with two attached hydrogens (primary N) is 1. The Morgan fingerprint density at radius 1 is 1.36 bits per heavy atom. The maximum absolute atomic E-state index is 10.2. The molecule has 2 nitrogen and oxygen atoms in total. The second-order valence-electron chi connectivity index (χ2n) is 4.16. The lowest BCUT2D eigenvalue weighted by molar-refractivity contribution is 0.0102. The van der Waals surface area contributed by atoms with E-state index in [-0.39, 0.29) is 5.92 Å². The van der Waals surface area contributed by atoms with Crippen LogP contribution in [0.1, 0.15) is 19.4 Å². The van der Waals surface area contributed by atoms with Crippen molar-refractivity contribution in [1.29, 1.82) is 0 Å². The van der Waals surface area contributed by atoms with E-state index in [4.69, 9.17) is 5.73 Å².